The van der Waals surface area contributed by atoms with Crippen molar-refractivity contribution in [2.75, 3.05) is 0 Å². The lowest BCUT2D eigenvalue weighted by molar-refractivity contribution is -0.121. The number of nitrogens with one attached hydrogen (secondary N) is 1. The van der Waals surface area contributed by atoms with Crippen LogP contribution in [0.25, 0.3) is 0 Å². The Morgan fingerprint density at radius 1 is 1.79 bits per heavy atom. The largest absolute Gasteiger partial charge is 0.352 e. The van der Waals surface area contributed by atoms with Crippen molar-refractivity contribution in [3.05, 3.63) is 22.4 Å². The molecule has 0 spiro atoms. The Bertz CT molecular complexity index is 324. The third-order valence-electron chi connectivity index (χ3n) is 1.78. The summed E-state index contributed by atoms with van der Waals surface area (Å²) in [4.78, 5) is 11.4. The van der Waals surface area contributed by atoms with Crippen molar-refractivity contribution in [1.29, 1.82) is 0 Å². The minimum atomic E-state index is 0.0335. The van der Waals surface area contributed by atoms with Gasteiger partial charge in [-0.05, 0) is 29.3 Å². The molecular weight excluding hydrogens is 194 g/mol. The second-order valence-electron chi connectivity index (χ2n) is 3.19. The standard InChI is InChI=1S/C11H13NOS/c1-3-4-9(2)12-11(13)7-10-5-6-14-8-10/h1,5-6,8-9H,4,7H2,2H3,(H,12,13). The van der Waals surface area contributed by atoms with Crippen molar-refractivity contribution in [3.63, 3.8) is 0 Å². The van der Waals surface area contributed by atoms with E-state index >= 15 is 0 Å². The van der Waals surface area contributed by atoms with Crippen LogP contribution >= 0.6 is 11.3 Å². The summed E-state index contributed by atoms with van der Waals surface area (Å²) in [6.45, 7) is 1.91. The van der Waals surface area contributed by atoms with Gasteiger partial charge in [0.25, 0.3) is 0 Å². The molecule has 0 saturated heterocycles. The van der Waals surface area contributed by atoms with Crippen LogP contribution in [0, 0.1) is 12.3 Å². The van der Waals surface area contributed by atoms with Gasteiger partial charge >= 0.3 is 0 Å². The van der Waals surface area contributed by atoms with Crippen LogP contribution in [0.1, 0.15) is 18.9 Å². The number of thiophene rings is 1. The van der Waals surface area contributed by atoms with Gasteiger partial charge in [0.1, 0.15) is 0 Å². The van der Waals surface area contributed by atoms with E-state index in [-0.39, 0.29) is 11.9 Å². The molecule has 0 aromatic carbocycles. The first-order chi connectivity index (χ1) is 6.72. The summed E-state index contributed by atoms with van der Waals surface area (Å²) < 4.78 is 0. The lowest BCUT2D eigenvalue weighted by Crippen LogP contribution is -2.33. The van der Waals surface area contributed by atoms with Crippen molar-refractivity contribution in [1.82, 2.24) is 5.32 Å². The minimum absolute atomic E-state index is 0.0335. The predicted molar refractivity (Wildman–Crippen MR) is 59.1 cm³/mol. The summed E-state index contributed by atoms with van der Waals surface area (Å²) in [5, 5.41) is 6.79. The average molecular weight is 207 g/mol. The van der Waals surface area contributed by atoms with Crippen LogP contribution in [0.4, 0.5) is 0 Å². The molecule has 1 N–H and O–H groups in total. The van der Waals surface area contributed by atoms with Crippen LogP contribution in [-0.4, -0.2) is 11.9 Å². The molecule has 1 amide bonds. The minimum Gasteiger partial charge on any atom is -0.352 e. The molecule has 0 aliphatic rings. The molecule has 3 heteroatoms. The highest BCUT2D eigenvalue weighted by atomic mass is 32.1. The fourth-order valence-electron chi connectivity index (χ4n) is 1.13. The molecule has 74 valence electrons. The lowest BCUT2D eigenvalue weighted by Gasteiger charge is -2.09. The summed E-state index contributed by atoms with van der Waals surface area (Å²) in [5.74, 6) is 2.55. The van der Waals surface area contributed by atoms with Crippen molar-refractivity contribution in [2.24, 2.45) is 0 Å². The number of carbonyl (C=O) groups is 1. The first-order valence-electron chi connectivity index (χ1n) is 4.46. The summed E-state index contributed by atoms with van der Waals surface area (Å²) in [7, 11) is 0. The van der Waals surface area contributed by atoms with Gasteiger partial charge in [-0.2, -0.15) is 11.3 Å². The van der Waals surface area contributed by atoms with Crippen LogP contribution in [0.15, 0.2) is 16.8 Å². The average Bonchev–Trinajstić information content (AvgIpc) is 2.56. The maximum atomic E-state index is 11.4. The van der Waals surface area contributed by atoms with Crippen LogP contribution in [0.2, 0.25) is 0 Å². The second kappa shape index (κ2) is 5.46. The first-order valence-corrected chi connectivity index (χ1v) is 5.40. The van der Waals surface area contributed by atoms with Crippen LogP contribution < -0.4 is 5.32 Å². The Labute approximate surface area is 88.3 Å². The van der Waals surface area contributed by atoms with Gasteiger partial charge in [0.2, 0.25) is 5.91 Å². The Morgan fingerprint density at radius 2 is 2.57 bits per heavy atom. The molecule has 14 heavy (non-hydrogen) atoms. The summed E-state index contributed by atoms with van der Waals surface area (Å²) in [5.41, 5.74) is 1.06. The second-order valence-corrected chi connectivity index (χ2v) is 3.97. The molecule has 0 aliphatic heterocycles. The van der Waals surface area contributed by atoms with E-state index in [9.17, 15) is 4.79 Å². The smallest absolute Gasteiger partial charge is 0.224 e. The molecule has 1 atom stereocenters. The highest BCUT2D eigenvalue weighted by Gasteiger charge is 2.06. The van der Waals surface area contributed by atoms with E-state index in [1.54, 1.807) is 11.3 Å². The van der Waals surface area contributed by atoms with Gasteiger partial charge < -0.3 is 5.32 Å². The van der Waals surface area contributed by atoms with Crippen LogP contribution in [-0.2, 0) is 11.2 Å². The zero-order valence-corrected chi connectivity index (χ0v) is 8.93. The first kappa shape index (κ1) is 10.8. The third-order valence-corrected chi connectivity index (χ3v) is 2.51. The van der Waals surface area contributed by atoms with Crippen molar-refractivity contribution < 1.29 is 4.79 Å². The molecule has 0 saturated carbocycles. The molecule has 0 fully saturated rings. The Kier molecular flexibility index (Phi) is 4.21. The summed E-state index contributed by atoms with van der Waals surface area (Å²) in [6, 6.07) is 2.02. The van der Waals surface area contributed by atoms with E-state index in [1.807, 2.05) is 23.8 Å². The summed E-state index contributed by atoms with van der Waals surface area (Å²) >= 11 is 1.60. The molecule has 1 unspecified atom stereocenters. The number of hydrogen-bond donors (Lipinski definition) is 1. The van der Waals surface area contributed by atoms with Gasteiger partial charge in [-0.1, -0.05) is 0 Å². The Balaban J connectivity index is 2.33. The van der Waals surface area contributed by atoms with Crippen LogP contribution in [0.3, 0.4) is 0 Å². The van der Waals surface area contributed by atoms with E-state index in [0.29, 0.717) is 12.8 Å². The zero-order chi connectivity index (χ0) is 10.4. The van der Waals surface area contributed by atoms with Gasteiger partial charge in [0, 0.05) is 12.5 Å². The van der Waals surface area contributed by atoms with Gasteiger partial charge in [0.05, 0.1) is 6.42 Å². The van der Waals surface area contributed by atoms with Gasteiger partial charge in [0.15, 0.2) is 0 Å². The van der Waals surface area contributed by atoms with Crippen molar-refractivity contribution in [3.8, 4) is 12.3 Å². The van der Waals surface area contributed by atoms with E-state index < -0.39 is 0 Å². The molecule has 1 rings (SSSR count). The molecule has 2 nitrogen and oxygen atoms in total. The van der Waals surface area contributed by atoms with E-state index in [0.717, 1.165) is 5.56 Å². The van der Waals surface area contributed by atoms with Crippen molar-refractivity contribution >= 4 is 17.2 Å². The SMILES string of the molecule is C#CCC(C)NC(=O)Cc1ccsc1. The Hall–Kier alpha value is -1.27. The van der Waals surface area contributed by atoms with Crippen LogP contribution in [0.5, 0.6) is 0 Å². The lowest BCUT2D eigenvalue weighted by atomic mass is 10.2. The van der Waals surface area contributed by atoms with Gasteiger partial charge in [-0.3, -0.25) is 4.79 Å². The number of carbonyl (C=O) groups excluding carboxylic acids is 1. The number of amides is 1. The van der Waals surface area contributed by atoms with E-state index in [4.69, 9.17) is 6.42 Å². The van der Waals surface area contributed by atoms with Gasteiger partial charge in [-0.15, -0.1) is 12.3 Å². The molecule has 0 radical (unpaired) electrons. The number of terminal acetylenes is 1. The van der Waals surface area contributed by atoms with E-state index in [2.05, 4.69) is 11.2 Å². The topological polar surface area (TPSA) is 29.1 Å². The molecule has 1 aromatic heterocycles. The molecule has 1 aromatic rings. The maximum Gasteiger partial charge on any atom is 0.224 e. The molecular formula is C11H13NOS. The number of hydrogen-bond acceptors (Lipinski definition) is 2. The highest BCUT2D eigenvalue weighted by molar-refractivity contribution is 7.07. The molecule has 0 bridgehead atoms. The van der Waals surface area contributed by atoms with Gasteiger partial charge in [-0.25, -0.2) is 0 Å². The quantitative estimate of drug-likeness (QED) is 0.750. The highest BCUT2D eigenvalue weighted by Crippen LogP contribution is 2.06. The third kappa shape index (κ3) is 3.63. The van der Waals surface area contributed by atoms with Crippen molar-refractivity contribution in [2.45, 2.75) is 25.8 Å². The summed E-state index contributed by atoms with van der Waals surface area (Å²) in [6.07, 6.45) is 6.16. The monoisotopic (exact) mass is 207 g/mol. The predicted octanol–water partition coefficient (Wildman–Crippen LogP) is 1.82. The van der Waals surface area contributed by atoms with E-state index in [1.165, 1.54) is 0 Å². The molecule has 1 heterocycles. The maximum absolute atomic E-state index is 11.4. The normalized spacial score (nSPS) is 11.7. The zero-order valence-electron chi connectivity index (χ0n) is 8.12. The number of rotatable bonds is 4. The Morgan fingerprint density at radius 3 is 3.14 bits per heavy atom. The fourth-order valence-corrected chi connectivity index (χ4v) is 1.80. The molecule has 0 aliphatic carbocycles. The fraction of sp³-hybridized carbons (Fsp3) is 0.364.